The summed E-state index contributed by atoms with van der Waals surface area (Å²) < 4.78 is 27.7. The number of hydrogen-bond acceptors (Lipinski definition) is 6. The second-order valence-electron chi connectivity index (χ2n) is 7.01. The Morgan fingerprint density at radius 2 is 2.17 bits per heavy atom. The van der Waals surface area contributed by atoms with Crippen molar-refractivity contribution in [1.82, 2.24) is 10.1 Å². The number of rotatable bonds is 2. The molecule has 2 saturated heterocycles. The predicted molar refractivity (Wildman–Crippen MR) is 88.5 cm³/mol. The molecule has 1 aromatic rings. The molecule has 4 rings (SSSR count). The van der Waals surface area contributed by atoms with Gasteiger partial charge in [0.15, 0.2) is 5.69 Å². The van der Waals surface area contributed by atoms with Gasteiger partial charge in [-0.3, -0.25) is 4.79 Å². The second-order valence-corrected chi connectivity index (χ2v) is 9.74. The highest BCUT2D eigenvalue weighted by molar-refractivity contribution is 7.93. The average Bonchev–Trinajstić information content (AvgIpc) is 3.35. The molecular formula is C16H23N3O4S. The number of nitrogens with zero attached hydrogens (tertiary/aromatic N) is 3. The van der Waals surface area contributed by atoms with E-state index in [0.29, 0.717) is 55.7 Å². The Hall–Kier alpha value is -1.41. The van der Waals surface area contributed by atoms with Crippen LogP contribution in [-0.2, 0) is 14.5 Å². The highest BCUT2D eigenvalue weighted by atomic mass is 32.2. The van der Waals surface area contributed by atoms with Gasteiger partial charge in [-0.15, -0.1) is 0 Å². The monoisotopic (exact) mass is 353 g/mol. The molecule has 1 saturated carbocycles. The van der Waals surface area contributed by atoms with Crippen LogP contribution >= 0.6 is 0 Å². The first-order valence-electron chi connectivity index (χ1n) is 8.53. The minimum atomic E-state index is -2.08. The van der Waals surface area contributed by atoms with Crippen molar-refractivity contribution in [3.05, 3.63) is 17.5 Å². The molecule has 0 N–H and O–H groups in total. The van der Waals surface area contributed by atoms with Crippen LogP contribution in [0.5, 0.6) is 0 Å². The van der Waals surface area contributed by atoms with Gasteiger partial charge in [-0.25, -0.2) is 8.57 Å². The van der Waals surface area contributed by atoms with Gasteiger partial charge >= 0.3 is 0 Å². The van der Waals surface area contributed by atoms with Crippen molar-refractivity contribution >= 4 is 15.6 Å². The molecule has 2 aliphatic heterocycles. The third kappa shape index (κ3) is 2.97. The van der Waals surface area contributed by atoms with Crippen LogP contribution in [0.15, 0.2) is 15.0 Å². The maximum absolute atomic E-state index is 12.7. The number of carbonyl (C=O) groups excluding carboxylic acids is 1. The summed E-state index contributed by atoms with van der Waals surface area (Å²) in [6.45, 7) is 1.58. The van der Waals surface area contributed by atoms with Gasteiger partial charge in [-0.2, -0.15) is 0 Å². The van der Waals surface area contributed by atoms with Gasteiger partial charge in [0.1, 0.15) is 5.76 Å². The Labute approximate surface area is 141 Å². The fourth-order valence-electron chi connectivity index (χ4n) is 3.53. The zero-order chi connectivity index (χ0) is 16.8. The number of aromatic nitrogens is 1. The number of morpholine rings is 1. The van der Waals surface area contributed by atoms with E-state index in [2.05, 4.69) is 9.52 Å². The van der Waals surface area contributed by atoms with Gasteiger partial charge in [0.25, 0.3) is 5.91 Å². The molecule has 0 aromatic carbocycles. The molecule has 3 aliphatic rings. The largest absolute Gasteiger partial charge is 0.371 e. The Morgan fingerprint density at radius 3 is 2.83 bits per heavy atom. The molecule has 1 spiro atoms. The van der Waals surface area contributed by atoms with Gasteiger partial charge in [-0.1, -0.05) is 5.16 Å². The summed E-state index contributed by atoms with van der Waals surface area (Å²) in [5, 5.41) is 3.95. The van der Waals surface area contributed by atoms with E-state index in [1.165, 1.54) is 0 Å². The van der Waals surface area contributed by atoms with E-state index in [0.717, 1.165) is 18.6 Å². The predicted octanol–water partition coefficient (Wildman–Crippen LogP) is 1.65. The number of carbonyl (C=O) groups is 1. The summed E-state index contributed by atoms with van der Waals surface area (Å²) in [6.07, 6.45) is 3.59. The fourth-order valence-corrected chi connectivity index (χ4v) is 5.48. The summed E-state index contributed by atoms with van der Waals surface area (Å²) in [5.74, 6) is 2.25. The normalized spacial score (nSPS) is 33.6. The van der Waals surface area contributed by atoms with Gasteiger partial charge in [0.05, 0.1) is 18.8 Å². The van der Waals surface area contributed by atoms with Gasteiger partial charge in [0, 0.05) is 46.8 Å². The molecule has 1 amide bonds. The second kappa shape index (κ2) is 5.84. The molecule has 8 heteroatoms. The molecule has 0 unspecified atom stereocenters. The molecule has 0 atom stereocenters. The molecule has 3 fully saturated rings. The van der Waals surface area contributed by atoms with E-state index in [1.54, 1.807) is 18.0 Å². The first kappa shape index (κ1) is 16.1. The van der Waals surface area contributed by atoms with Crippen LogP contribution in [0.3, 0.4) is 0 Å². The van der Waals surface area contributed by atoms with Crippen molar-refractivity contribution in [3.8, 4) is 0 Å². The van der Waals surface area contributed by atoms with Crippen molar-refractivity contribution < 1.29 is 18.3 Å². The summed E-state index contributed by atoms with van der Waals surface area (Å²) in [7, 11) is -0.454. The van der Waals surface area contributed by atoms with Gasteiger partial charge < -0.3 is 14.2 Å². The smallest absolute Gasteiger partial charge is 0.276 e. The molecule has 0 radical (unpaired) electrons. The van der Waals surface area contributed by atoms with E-state index in [9.17, 15) is 9.00 Å². The minimum Gasteiger partial charge on any atom is -0.371 e. The van der Waals surface area contributed by atoms with E-state index >= 15 is 0 Å². The molecular weight excluding hydrogens is 330 g/mol. The fraction of sp³-hybridized carbons (Fsp3) is 0.750. The topological polar surface area (TPSA) is 85.0 Å². The molecule has 7 nitrogen and oxygen atoms in total. The standard InChI is InChI=1S/C16H23N3O4S/c1-17-24(21)8-4-16(5-9-24)11-19(6-7-22-16)15(20)13-10-14(23-18-13)12-2-3-12/h10,12H,2-9,11H2,1H3. The summed E-state index contributed by atoms with van der Waals surface area (Å²) >= 11 is 0. The van der Waals surface area contributed by atoms with Gasteiger partial charge in [-0.05, 0) is 25.7 Å². The average molecular weight is 353 g/mol. The first-order chi connectivity index (χ1) is 11.5. The van der Waals surface area contributed by atoms with Crippen molar-refractivity contribution in [2.24, 2.45) is 4.36 Å². The van der Waals surface area contributed by atoms with Crippen LogP contribution in [0, 0.1) is 0 Å². The minimum absolute atomic E-state index is 0.0974. The van der Waals surface area contributed by atoms with Crippen molar-refractivity contribution in [2.45, 2.75) is 37.2 Å². The van der Waals surface area contributed by atoms with E-state index in [1.807, 2.05) is 0 Å². The molecule has 3 heterocycles. The zero-order valence-electron chi connectivity index (χ0n) is 13.9. The highest BCUT2D eigenvalue weighted by Gasteiger charge is 2.42. The van der Waals surface area contributed by atoms with Crippen LogP contribution < -0.4 is 0 Å². The summed E-state index contributed by atoms with van der Waals surface area (Å²) in [4.78, 5) is 14.5. The van der Waals surface area contributed by atoms with Crippen LogP contribution in [0.25, 0.3) is 0 Å². The zero-order valence-corrected chi connectivity index (χ0v) is 14.7. The van der Waals surface area contributed by atoms with Gasteiger partial charge in [0.2, 0.25) is 0 Å². The number of ether oxygens (including phenoxy) is 1. The van der Waals surface area contributed by atoms with Crippen molar-refractivity contribution in [3.63, 3.8) is 0 Å². The molecule has 0 bridgehead atoms. The first-order valence-corrected chi connectivity index (χ1v) is 10.4. The maximum Gasteiger partial charge on any atom is 0.276 e. The lowest BCUT2D eigenvalue weighted by atomic mass is 9.94. The third-order valence-corrected chi connectivity index (χ3v) is 7.70. The Morgan fingerprint density at radius 1 is 1.42 bits per heavy atom. The lowest BCUT2D eigenvalue weighted by Crippen LogP contribution is -2.56. The maximum atomic E-state index is 12.7. The Kier molecular flexibility index (Phi) is 3.91. The highest BCUT2D eigenvalue weighted by Crippen LogP contribution is 2.40. The van der Waals surface area contributed by atoms with Crippen molar-refractivity contribution in [2.75, 3.05) is 38.2 Å². The third-order valence-electron chi connectivity index (χ3n) is 5.35. The number of hydrogen-bond donors (Lipinski definition) is 0. The van der Waals surface area contributed by atoms with Crippen molar-refractivity contribution in [1.29, 1.82) is 0 Å². The van der Waals surface area contributed by atoms with Crippen LogP contribution in [0.1, 0.15) is 47.8 Å². The lowest BCUT2D eigenvalue weighted by Gasteiger charge is -2.45. The van der Waals surface area contributed by atoms with Crippen LogP contribution in [0.4, 0.5) is 0 Å². The Bertz CT molecular complexity index is 747. The number of amides is 1. The molecule has 1 aromatic heterocycles. The van der Waals surface area contributed by atoms with E-state index < -0.39 is 9.73 Å². The molecule has 1 aliphatic carbocycles. The molecule has 132 valence electrons. The SMILES string of the molecule is CN=S1(=O)CCC2(CC1)CN(C(=O)c1cc(C3CC3)on1)CCO2. The quantitative estimate of drug-likeness (QED) is 0.807. The summed E-state index contributed by atoms with van der Waals surface area (Å²) in [5.41, 5.74) is -0.000124. The summed E-state index contributed by atoms with van der Waals surface area (Å²) in [6, 6.07) is 1.78. The molecule has 24 heavy (non-hydrogen) atoms. The Balaban J connectivity index is 1.46. The van der Waals surface area contributed by atoms with E-state index in [-0.39, 0.29) is 11.5 Å². The lowest BCUT2D eigenvalue weighted by molar-refractivity contribution is -0.104. The van der Waals surface area contributed by atoms with Crippen LogP contribution in [-0.4, -0.2) is 64.0 Å². The van der Waals surface area contributed by atoms with Crippen LogP contribution in [0.2, 0.25) is 0 Å². The van der Waals surface area contributed by atoms with E-state index in [4.69, 9.17) is 9.26 Å².